The minimum atomic E-state index is -0.403. The van der Waals surface area contributed by atoms with Gasteiger partial charge in [0.2, 0.25) is 5.78 Å². The van der Waals surface area contributed by atoms with E-state index < -0.39 is 5.82 Å². The third kappa shape index (κ3) is 3.71. The van der Waals surface area contributed by atoms with Crippen molar-refractivity contribution in [2.45, 2.75) is 20.0 Å². The first kappa shape index (κ1) is 19.8. The summed E-state index contributed by atoms with van der Waals surface area (Å²) < 4.78 is 25.9. The summed E-state index contributed by atoms with van der Waals surface area (Å²) in [5.74, 6) is 0.686. The Morgan fingerprint density at radius 1 is 1.13 bits per heavy atom. The average molecular weight is 436 g/mol. The first-order valence-electron chi connectivity index (χ1n) is 9.94. The normalized spacial score (nSPS) is 16.6. The predicted molar refractivity (Wildman–Crippen MR) is 117 cm³/mol. The van der Waals surface area contributed by atoms with Crippen molar-refractivity contribution in [3.8, 4) is 11.5 Å². The maximum atomic E-state index is 14.0. The van der Waals surface area contributed by atoms with Crippen LogP contribution in [0.25, 0.3) is 6.08 Å². The quantitative estimate of drug-likeness (QED) is 0.490. The Balaban J connectivity index is 1.43. The van der Waals surface area contributed by atoms with Crippen molar-refractivity contribution >= 4 is 23.5 Å². The van der Waals surface area contributed by atoms with Crippen LogP contribution in [0.2, 0.25) is 5.02 Å². The molecule has 4 nitrogen and oxygen atoms in total. The lowest BCUT2D eigenvalue weighted by atomic mass is 10.00. The van der Waals surface area contributed by atoms with Crippen LogP contribution in [0.3, 0.4) is 0 Å². The number of hydrogen-bond acceptors (Lipinski definition) is 4. The first-order chi connectivity index (χ1) is 15.0. The molecule has 2 aliphatic rings. The van der Waals surface area contributed by atoms with Gasteiger partial charge in [-0.1, -0.05) is 41.9 Å². The van der Waals surface area contributed by atoms with Crippen molar-refractivity contribution in [2.24, 2.45) is 0 Å². The van der Waals surface area contributed by atoms with Crippen LogP contribution < -0.4 is 9.47 Å². The summed E-state index contributed by atoms with van der Waals surface area (Å²) in [5.41, 5.74) is 3.63. The van der Waals surface area contributed by atoms with E-state index in [-0.39, 0.29) is 11.5 Å². The molecule has 0 bridgehead atoms. The zero-order chi connectivity index (χ0) is 21.5. The van der Waals surface area contributed by atoms with Gasteiger partial charge in [0.25, 0.3) is 0 Å². The van der Waals surface area contributed by atoms with Gasteiger partial charge in [0, 0.05) is 34.8 Å². The maximum absolute atomic E-state index is 14.0. The molecule has 0 saturated carbocycles. The topological polar surface area (TPSA) is 38.8 Å². The van der Waals surface area contributed by atoms with Crippen molar-refractivity contribution in [1.29, 1.82) is 0 Å². The molecule has 0 aromatic heterocycles. The van der Waals surface area contributed by atoms with Crippen LogP contribution in [-0.4, -0.2) is 17.4 Å². The fourth-order valence-corrected chi connectivity index (χ4v) is 4.11. The maximum Gasteiger partial charge on any atom is 0.231 e. The summed E-state index contributed by atoms with van der Waals surface area (Å²) >= 11 is 5.97. The standard InChI is InChI=1S/C25H19ClFNO3/c1-15-24-18(13-28(14-30-24)12-16-6-8-19(26)9-7-16)10-20-23(29)22(31-25(15)20)11-17-4-2-3-5-21(17)27/h2-11H,12-14H2,1H3/b22-11-. The SMILES string of the molecule is Cc1c2c(cc3c1O/C(=C\c1ccccc1F)C3=O)CN(Cc1ccc(Cl)cc1)CO2. The monoisotopic (exact) mass is 435 g/mol. The predicted octanol–water partition coefficient (Wildman–Crippen LogP) is 5.76. The number of Topliss-reactive ketones (excluding diaryl/α,β-unsaturated/α-hetero) is 1. The van der Waals surface area contributed by atoms with Gasteiger partial charge in [-0.05, 0) is 42.8 Å². The molecule has 3 aromatic carbocycles. The van der Waals surface area contributed by atoms with Gasteiger partial charge in [-0.15, -0.1) is 0 Å². The number of benzene rings is 3. The lowest BCUT2D eigenvalue weighted by molar-refractivity contribution is 0.0876. The number of carbonyl (C=O) groups is 1. The zero-order valence-corrected chi connectivity index (χ0v) is 17.6. The molecule has 0 saturated heterocycles. The van der Waals surface area contributed by atoms with Gasteiger partial charge in [-0.2, -0.15) is 0 Å². The number of hydrogen-bond donors (Lipinski definition) is 0. The Kier molecular flexibility index (Phi) is 5.00. The molecule has 2 heterocycles. The Hall–Kier alpha value is -3.15. The van der Waals surface area contributed by atoms with Crippen molar-refractivity contribution in [1.82, 2.24) is 4.90 Å². The number of allylic oxidation sites excluding steroid dienone is 1. The molecule has 3 aromatic rings. The smallest absolute Gasteiger partial charge is 0.231 e. The number of carbonyl (C=O) groups excluding carboxylic acids is 1. The molecule has 0 spiro atoms. The Morgan fingerprint density at radius 3 is 2.68 bits per heavy atom. The molecule has 5 rings (SSSR count). The second kappa shape index (κ2) is 7.84. The molecule has 0 N–H and O–H groups in total. The van der Waals surface area contributed by atoms with Gasteiger partial charge in [0.1, 0.15) is 24.0 Å². The minimum Gasteiger partial charge on any atom is -0.477 e. The highest BCUT2D eigenvalue weighted by Gasteiger charge is 2.33. The molecule has 156 valence electrons. The lowest BCUT2D eigenvalue weighted by Gasteiger charge is -2.30. The van der Waals surface area contributed by atoms with Gasteiger partial charge >= 0.3 is 0 Å². The summed E-state index contributed by atoms with van der Waals surface area (Å²) in [7, 11) is 0. The molecular weight excluding hydrogens is 417 g/mol. The third-order valence-corrected chi connectivity index (χ3v) is 5.77. The van der Waals surface area contributed by atoms with Crippen molar-refractivity contribution in [3.63, 3.8) is 0 Å². The number of rotatable bonds is 3. The van der Waals surface area contributed by atoms with Crippen LogP contribution in [0.15, 0.2) is 60.4 Å². The molecule has 0 aliphatic carbocycles. The van der Waals surface area contributed by atoms with E-state index in [1.807, 2.05) is 37.3 Å². The van der Waals surface area contributed by atoms with Gasteiger partial charge in [-0.3, -0.25) is 9.69 Å². The summed E-state index contributed by atoms with van der Waals surface area (Å²) in [4.78, 5) is 15.1. The van der Waals surface area contributed by atoms with Crippen molar-refractivity contribution < 1.29 is 18.7 Å². The molecule has 0 atom stereocenters. The van der Waals surface area contributed by atoms with Crippen LogP contribution in [-0.2, 0) is 13.1 Å². The van der Waals surface area contributed by atoms with E-state index in [1.54, 1.807) is 18.2 Å². The number of halogens is 2. The van der Waals surface area contributed by atoms with Crippen LogP contribution >= 0.6 is 11.6 Å². The molecule has 0 amide bonds. The van der Waals surface area contributed by atoms with E-state index in [0.29, 0.717) is 41.7 Å². The summed E-state index contributed by atoms with van der Waals surface area (Å²) in [6.07, 6.45) is 1.45. The third-order valence-electron chi connectivity index (χ3n) is 5.51. The van der Waals surface area contributed by atoms with E-state index >= 15 is 0 Å². The van der Waals surface area contributed by atoms with E-state index in [4.69, 9.17) is 21.1 Å². The van der Waals surface area contributed by atoms with Crippen molar-refractivity contribution in [3.05, 3.63) is 99.0 Å². The summed E-state index contributed by atoms with van der Waals surface area (Å²) in [5, 5.41) is 0.702. The fraction of sp³-hybridized carbons (Fsp3) is 0.160. The largest absolute Gasteiger partial charge is 0.477 e. The second-order valence-corrected chi connectivity index (χ2v) is 8.15. The van der Waals surface area contributed by atoms with Crippen LogP contribution in [0.1, 0.15) is 32.6 Å². The van der Waals surface area contributed by atoms with E-state index in [1.165, 1.54) is 12.1 Å². The highest BCUT2D eigenvalue weighted by molar-refractivity contribution is 6.30. The average Bonchev–Trinajstić information content (AvgIpc) is 3.07. The Labute approximate surface area is 184 Å². The Morgan fingerprint density at radius 2 is 1.90 bits per heavy atom. The zero-order valence-electron chi connectivity index (χ0n) is 16.8. The molecule has 6 heteroatoms. The summed E-state index contributed by atoms with van der Waals surface area (Å²) in [6.45, 7) is 3.66. The van der Waals surface area contributed by atoms with E-state index in [0.717, 1.165) is 22.4 Å². The van der Waals surface area contributed by atoms with Crippen LogP contribution in [0.5, 0.6) is 11.5 Å². The highest BCUT2D eigenvalue weighted by Crippen LogP contribution is 2.43. The number of fused-ring (bicyclic) bond motifs is 2. The highest BCUT2D eigenvalue weighted by atomic mass is 35.5. The summed E-state index contributed by atoms with van der Waals surface area (Å²) in [6, 6.07) is 15.8. The van der Waals surface area contributed by atoms with E-state index in [2.05, 4.69) is 4.90 Å². The van der Waals surface area contributed by atoms with Crippen molar-refractivity contribution in [2.75, 3.05) is 6.73 Å². The molecule has 2 aliphatic heterocycles. The van der Waals surface area contributed by atoms with E-state index in [9.17, 15) is 9.18 Å². The minimum absolute atomic E-state index is 0.114. The Bertz CT molecular complexity index is 1220. The van der Waals surface area contributed by atoms with Gasteiger partial charge in [-0.25, -0.2) is 4.39 Å². The molecule has 0 radical (unpaired) electrons. The second-order valence-electron chi connectivity index (χ2n) is 7.71. The van der Waals surface area contributed by atoms with Gasteiger partial charge in [0.05, 0.1) is 5.56 Å². The molecule has 0 fully saturated rings. The van der Waals surface area contributed by atoms with Crippen LogP contribution in [0, 0.1) is 12.7 Å². The lowest BCUT2D eigenvalue weighted by Crippen LogP contribution is -2.32. The number of nitrogens with zero attached hydrogens (tertiary/aromatic N) is 1. The van der Waals surface area contributed by atoms with Gasteiger partial charge in [0.15, 0.2) is 5.76 Å². The number of ketones is 1. The molecule has 0 unspecified atom stereocenters. The van der Waals surface area contributed by atoms with Crippen LogP contribution in [0.4, 0.5) is 4.39 Å². The fourth-order valence-electron chi connectivity index (χ4n) is 3.98. The van der Waals surface area contributed by atoms with Gasteiger partial charge < -0.3 is 9.47 Å². The first-order valence-corrected chi connectivity index (χ1v) is 10.3. The molecule has 31 heavy (non-hydrogen) atoms. The molecular formula is C25H19ClFNO3. The number of ether oxygens (including phenoxy) is 2.